The van der Waals surface area contributed by atoms with E-state index in [1.54, 1.807) is 31.2 Å². The number of ether oxygens (including phenoxy) is 1. The molecule has 0 saturated carbocycles. The Balaban J connectivity index is 1.84. The van der Waals surface area contributed by atoms with Gasteiger partial charge in [0.1, 0.15) is 23.2 Å². The van der Waals surface area contributed by atoms with E-state index in [9.17, 15) is 12.8 Å². The number of rotatable bonds is 5. The Morgan fingerprint density at radius 3 is 2.67 bits per heavy atom. The maximum Gasteiger partial charge on any atom is 0.262 e. The zero-order valence-corrected chi connectivity index (χ0v) is 15.0. The van der Waals surface area contributed by atoms with E-state index in [0.29, 0.717) is 17.0 Å². The van der Waals surface area contributed by atoms with Gasteiger partial charge in [0, 0.05) is 6.20 Å². The number of nitrogens with zero attached hydrogens (tertiary/aromatic N) is 2. The standard InChI is InChI=1S/C19H14FN3O3S/c1-13-10-16(26-19-14(12-21)4-3-9-22-19)7-8-18(13)23-27(24,25)17-6-2-5-15(20)11-17/h2-11,23H,1H3. The molecule has 136 valence electrons. The second kappa shape index (κ2) is 7.43. The van der Waals surface area contributed by atoms with Gasteiger partial charge >= 0.3 is 0 Å². The van der Waals surface area contributed by atoms with Gasteiger partial charge in [0.25, 0.3) is 10.0 Å². The highest BCUT2D eigenvalue weighted by atomic mass is 32.2. The number of nitrogens with one attached hydrogen (secondary N) is 1. The van der Waals surface area contributed by atoms with Crippen molar-refractivity contribution in [2.24, 2.45) is 0 Å². The van der Waals surface area contributed by atoms with Crippen LogP contribution in [0.15, 0.2) is 65.7 Å². The molecule has 27 heavy (non-hydrogen) atoms. The van der Waals surface area contributed by atoms with Crippen LogP contribution in [0.1, 0.15) is 11.1 Å². The van der Waals surface area contributed by atoms with Crippen molar-refractivity contribution in [1.29, 1.82) is 5.26 Å². The molecule has 0 saturated heterocycles. The third-order valence-electron chi connectivity index (χ3n) is 3.65. The minimum Gasteiger partial charge on any atom is -0.438 e. The SMILES string of the molecule is Cc1cc(Oc2ncccc2C#N)ccc1NS(=O)(=O)c1cccc(F)c1. The zero-order chi connectivity index (χ0) is 19.4. The number of pyridine rings is 1. The van der Waals surface area contributed by atoms with Crippen LogP contribution in [0.3, 0.4) is 0 Å². The molecule has 0 aliphatic heterocycles. The molecule has 3 rings (SSSR count). The molecular weight excluding hydrogens is 369 g/mol. The topological polar surface area (TPSA) is 92.1 Å². The van der Waals surface area contributed by atoms with Crippen molar-refractivity contribution in [1.82, 2.24) is 4.98 Å². The van der Waals surface area contributed by atoms with E-state index in [0.717, 1.165) is 6.07 Å². The van der Waals surface area contributed by atoms with E-state index < -0.39 is 15.8 Å². The maximum atomic E-state index is 13.3. The number of hydrogen-bond donors (Lipinski definition) is 1. The highest BCUT2D eigenvalue weighted by Crippen LogP contribution is 2.28. The van der Waals surface area contributed by atoms with Crippen molar-refractivity contribution in [2.75, 3.05) is 4.72 Å². The Labute approximate surface area is 155 Å². The van der Waals surface area contributed by atoms with E-state index in [1.165, 1.54) is 30.5 Å². The van der Waals surface area contributed by atoms with E-state index in [1.807, 2.05) is 6.07 Å². The van der Waals surface area contributed by atoms with Crippen molar-refractivity contribution in [3.05, 3.63) is 77.7 Å². The molecule has 0 atom stereocenters. The van der Waals surface area contributed by atoms with Gasteiger partial charge in [0.05, 0.1) is 10.6 Å². The number of aromatic nitrogens is 1. The molecule has 0 aliphatic rings. The number of sulfonamides is 1. The van der Waals surface area contributed by atoms with Crippen LogP contribution < -0.4 is 9.46 Å². The van der Waals surface area contributed by atoms with Crippen molar-refractivity contribution < 1.29 is 17.5 Å². The summed E-state index contributed by atoms with van der Waals surface area (Å²) in [6.07, 6.45) is 1.50. The fraction of sp³-hybridized carbons (Fsp3) is 0.0526. The smallest absolute Gasteiger partial charge is 0.262 e. The van der Waals surface area contributed by atoms with E-state index in [4.69, 9.17) is 10.00 Å². The van der Waals surface area contributed by atoms with E-state index >= 15 is 0 Å². The second-order valence-corrected chi connectivity index (χ2v) is 7.29. The minimum atomic E-state index is -3.93. The summed E-state index contributed by atoms with van der Waals surface area (Å²) in [6.45, 7) is 1.69. The molecule has 0 unspecified atom stereocenters. The summed E-state index contributed by atoms with van der Waals surface area (Å²) in [5.74, 6) is -0.0779. The fourth-order valence-corrected chi connectivity index (χ4v) is 3.48. The summed E-state index contributed by atoms with van der Waals surface area (Å²) in [7, 11) is -3.93. The lowest BCUT2D eigenvalue weighted by atomic mass is 10.2. The molecule has 0 aliphatic carbocycles. The predicted octanol–water partition coefficient (Wildman–Crippen LogP) is 3.99. The first kappa shape index (κ1) is 18.4. The third-order valence-corrected chi connectivity index (χ3v) is 5.02. The molecule has 0 radical (unpaired) electrons. The number of nitriles is 1. The van der Waals surface area contributed by atoms with Crippen LogP contribution in [-0.4, -0.2) is 13.4 Å². The van der Waals surface area contributed by atoms with Crippen LogP contribution in [0.5, 0.6) is 11.6 Å². The van der Waals surface area contributed by atoms with Crippen LogP contribution in [0.2, 0.25) is 0 Å². The molecule has 3 aromatic rings. The summed E-state index contributed by atoms with van der Waals surface area (Å²) in [5.41, 5.74) is 1.20. The van der Waals surface area contributed by atoms with Crippen LogP contribution >= 0.6 is 0 Å². The first-order chi connectivity index (χ1) is 12.9. The third kappa shape index (κ3) is 4.22. The highest BCUT2D eigenvalue weighted by Gasteiger charge is 2.16. The van der Waals surface area contributed by atoms with Gasteiger partial charge in [-0.2, -0.15) is 5.26 Å². The summed E-state index contributed by atoms with van der Waals surface area (Å²) in [4.78, 5) is 3.84. The fourth-order valence-electron chi connectivity index (χ4n) is 2.32. The molecule has 0 amide bonds. The average molecular weight is 383 g/mol. The van der Waals surface area contributed by atoms with Gasteiger partial charge in [-0.05, 0) is 61.0 Å². The van der Waals surface area contributed by atoms with Gasteiger partial charge in [-0.15, -0.1) is 0 Å². The largest absolute Gasteiger partial charge is 0.438 e. The van der Waals surface area contributed by atoms with Crippen molar-refractivity contribution in [3.63, 3.8) is 0 Å². The maximum absolute atomic E-state index is 13.3. The molecule has 8 heteroatoms. The lowest BCUT2D eigenvalue weighted by Gasteiger charge is -2.12. The molecule has 6 nitrogen and oxygen atoms in total. The van der Waals surface area contributed by atoms with Gasteiger partial charge in [0.15, 0.2) is 0 Å². The number of hydrogen-bond acceptors (Lipinski definition) is 5. The van der Waals surface area contributed by atoms with Crippen molar-refractivity contribution in [2.45, 2.75) is 11.8 Å². The Hall–Kier alpha value is -3.44. The molecule has 0 spiro atoms. The summed E-state index contributed by atoms with van der Waals surface area (Å²) in [5, 5.41) is 9.08. The summed E-state index contributed by atoms with van der Waals surface area (Å²) < 4.78 is 46.2. The lowest BCUT2D eigenvalue weighted by molar-refractivity contribution is 0.461. The first-order valence-electron chi connectivity index (χ1n) is 7.81. The van der Waals surface area contributed by atoms with Gasteiger partial charge in [0.2, 0.25) is 5.88 Å². The number of halogens is 1. The molecule has 1 heterocycles. The highest BCUT2D eigenvalue weighted by molar-refractivity contribution is 7.92. The predicted molar refractivity (Wildman–Crippen MR) is 97.4 cm³/mol. The number of anilines is 1. The lowest BCUT2D eigenvalue weighted by Crippen LogP contribution is -2.14. The monoisotopic (exact) mass is 383 g/mol. The van der Waals surface area contributed by atoms with Crippen LogP contribution in [0.25, 0.3) is 0 Å². The molecule has 0 fully saturated rings. The molecular formula is C19H14FN3O3S. The van der Waals surface area contributed by atoms with Crippen LogP contribution in [-0.2, 0) is 10.0 Å². The van der Waals surface area contributed by atoms with Crippen molar-refractivity contribution in [3.8, 4) is 17.7 Å². The average Bonchev–Trinajstić information content (AvgIpc) is 2.64. The van der Waals surface area contributed by atoms with Crippen molar-refractivity contribution >= 4 is 15.7 Å². The normalized spacial score (nSPS) is 10.9. The molecule has 1 N–H and O–H groups in total. The first-order valence-corrected chi connectivity index (χ1v) is 9.29. The van der Waals surface area contributed by atoms with Gasteiger partial charge in [-0.1, -0.05) is 6.07 Å². The minimum absolute atomic E-state index is 0.160. The number of aryl methyl sites for hydroxylation is 1. The van der Waals surface area contributed by atoms with Gasteiger partial charge in [-0.25, -0.2) is 17.8 Å². The van der Waals surface area contributed by atoms with Gasteiger partial charge < -0.3 is 4.74 Å². The van der Waals surface area contributed by atoms with E-state index in [2.05, 4.69) is 9.71 Å². The molecule has 1 aromatic heterocycles. The van der Waals surface area contributed by atoms with E-state index in [-0.39, 0.29) is 16.3 Å². The second-order valence-electron chi connectivity index (χ2n) is 5.61. The Morgan fingerprint density at radius 1 is 1.15 bits per heavy atom. The summed E-state index contributed by atoms with van der Waals surface area (Å²) in [6, 6.07) is 14.6. The molecule has 2 aromatic carbocycles. The Bertz CT molecular complexity index is 1140. The molecule has 0 bridgehead atoms. The number of benzene rings is 2. The Morgan fingerprint density at radius 2 is 1.96 bits per heavy atom. The van der Waals surface area contributed by atoms with Crippen LogP contribution in [0, 0.1) is 24.1 Å². The zero-order valence-electron chi connectivity index (χ0n) is 14.2. The van der Waals surface area contributed by atoms with Crippen LogP contribution in [0.4, 0.5) is 10.1 Å². The summed E-state index contributed by atoms with van der Waals surface area (Å²) >= 11 is 0. The van der Waals surface area contributed by atoms with Gasteiger partial charge in [-0.3, -0.25) is 4.72 Å². The Kier molecular flexibility index (Phi) is 5.05. The quantitative estimate of drug-likeness (QED) is 0.719.